The molecule has 6 nitrogen and oxygen atoms in total. The maximum atomic E-state index is 12.5. The standard InChI is InChI=1S/C22H23N3O3/c26-20-9-5-4-8-16(20)22(28)23-13-17(14-6-2-1-3-7-14)21(27)19-12-18(24-25-19)15-10-11-15/h1-9,12,15,17,21,26-27H,10-11,13H2,(H,23,28)(H,24,25). The van der Waals surface area contributed by atoms with Gasteiger partial charge in [-0.25, -0.2) is 0 Å². The largest absolute Gasteiger partial charge is 0.507 e. The number of aromatic amines is 1. The van der Waals surface area contributed by atoms with Gasteiger partial charge in [-0.3, -0.25) is 9.89 Å². The summed E-state index contributed by atoms with van der Waals surface area (Å²) in [6.07, 6.45) is 1.43. The Hall–Kier alpha value is -3.12. The minimum atomic E-state index is -0.865. The van der Waals surface area contributed by atoms with Gasteiger partial charge in [-0.05, 0) is 36.6 Å². The normalized spacial score (nSPS) is 15.8. The summed E-state index contributed by atoms with van der Waals surface area (Å²) in [6.45, 7) is 0.212. The minimum Gasteiger partial charge on any atom is -0.507 e. The van der Waals surface area contributed by atoms with Crippen LogP contribution in [0.2, 0.25) is 0 Å². The molecule has 1 heterocycles. The van der Waals surface area contributed by atoms with Gasteiger partial charge in [0.15, 0.2) is 0 Å². The molecule has 1 aliphatic rings. The molecular formula is C22H23N3O3. The van der Waals surface area contributed by atoms with Crippen molar-refractivity contribution in [3.8, 4) is 5.75 Å². The molecule has 1 saturated carbocycles. The number of benzene rings is 2. The number of aromatic hydroxyl groups is 1. The molecule has 3 aromatic rings. The lowest BCUT2D eigenvalue weighted by atomic mass is 9.91. The van der Waals surface area contributed by atoms with Crippen molar-refractivity contribution in [3.63, 3.8) is 0 Å². The maximum absolute atomic E-state index is 12.5. The van der Waals surface area contributed by atoms with Crippen molar-refractivity contribution in [2.75, 3.05) is 6.54 Å². The minimum absolute atomic E-state index is 0.0711. The molecule has 4 N–H and O–H groups in total. The second-order valence-electron chi connectivity index (χ2n) is 7.21. The number of nitrogens with zero attached hydrogens (tertiary/aromatic N) is 1. The molecule has 0 aliphatic heterocycles. The Bertz CT molecular complexity index is 950. The average molecular weight is 377 g/mol. The Balaban J connectivity index is 1.53. The van der Waals surface area contributed by atoms with Gasteiger partial charge in [0.25, 0.3) is 5.91 Å². The number of aromatic nitrogens is 2. The summed E-state index contributed by atoms with van der Waals surface area (Å²) in [5.41, 5.74) is 2.75. The SMILES string of the molecule is O=C(NCC(c1ccccc1)C(O)c1cc(C2CC2)[nH]n1)c1ccccc1O. The van der Waals surface area contributed by atoms with Crippen LogP contribution in [0.5, 0.6) is 5.75 Å². The van der Waals surface area contributed by atoms with Gasteiger partial charge in [-0.15, -0.1) is 0 Å². The lowest BCUT2D eigenvalue weighted by molar-refractivity contribution is 0.0925. The summed E-state index contributed by atoms with van der Waals surface area (Å²) in [5, 5.41) is 31.0. The zero-order valence-corrected chi connectivity index (χ0v) is 15.4. The van der Waals surface area contributed by atoms with Crippen LogP contribution >= 0.6 is 0 Å². The molecule has 144 valence electrons. The molecule has 2 unspecified atom stereocenters. The van der Waals surface area contributed by atoms with Crippen molar-refractivity contribution < 1.29 is 15.0 Å². The monoisotopic (exact) mass is 377 g/mol. The van der Waals surface area contributed by atoms with E-state index in [4.69, 9.17) is 0 Å². The predicted octanol–water partition coefficient (Wildman–Crippen LogP) is 3.24. The first-order valence-electron chi connectivity index (χ1n) is 9.48. The van der Waals surface area contributed by atoms with Gasteiger partial charge in [0.05, 0.1) is 11.3 Å². The van der Waals surface area contributed by atoms with E-state index < -0.39 is 6.10 Å². The number of aliphatic hydroxyl groups is 1. The van der Waals surface area contributed by atoms with Gasteiger partial charge >= 0.3 is 0 Å². The quantitative estimate of drug-likeness (QED) is 0.508. The van der Waals surface area contributed by atoms with E-state index in [0.717, 1.165) is 24.1 Å². The fourth-order valence-electron chi connectivity index (χ4n) is 3.39. The summed E-state index contributed by atoms with van der Waals surface area (Å²) < 4.78 is 0. The predicted molar refractivity (Wildman–Crippen MR) is 105 cm³/mol. The topological polar surface area (TPSA) is 98.2 Å². The highest BCUT2D eigenvalue weighted by atomic mass is 16.3. The number of hydrogen-bond donors (Lipinski definition) is 4. The Kier molecular flexibility index (Phi) is 5.12. The number of rotatable bonds is 7. The number of phenols is 1. The van der Waals surface area contributed by atoms with Gasteiger partial charge in [0.1, 0.15) is 11.9 Å². The molecule has 0 spiro atoms. The van der Waals surface area contributed by atoms with Gasteiger partial charge in [-0.2, -0.15) is 5.10 Å². The van der Waals surface area contributed by atoms with E-state index in [0.29, 0.717) is 11.6 Å². The summed E-state index contributed by atoms with van der Waals surface area (Å²) in [4.78, 5) is 12.5. The molecule has 1 fully saturated rings. The summed E-state index contributed by atoms with van der Waals surface area (Å²) in [6, 6.07) is 17.9. The molecule has 28 heavy (non-hydrogen) atoms. The van der Waals surface area contributed by atoms with Crippen LogP contribution in [-0.4, -0.2) is 32.9 Å². The molecule has 1 aliphatic carbocycles. The van der Waals surface area contributed by atoms with E-state index in [1.54, 1.807) is 18.2 Å². The van der Waals surface area contributed by atoms with Crippen LogP contribution in [0.3, 0.4) is 0 Å². The van der Waals surface area contributed by atoms with E-state index in [1.165, 1.54) is 6.07 Å². The van der Waals surface area contributed by atoms with E-state index >= 15 is 0 Å². The first-order valence-corrected chi connectivity index (χ1v) is 9.48. The van der Waals surface area contributed by atoms with Crippen molar-refractivity contribution in [1.29, 1.82) is 0 Å². The van der Waals surface area contributed by atoms with Crippen LogP contribution in [-0.2, 0) is 0 Å². The maximum Gasteiger partial charge on any atom is 0.255 e. The molecule has 1 aromatic heterocycles. The lowest BCUT2D eigenvalue weighted by Crippen LogP contribution is -2.31. The van der Waals surface area contributed by atoms with Crippen LogP contribution in [0.1, 0.15) is 58.1 Å². The Labute approximate surface area is 163 Å². The van der Waals surface area contributed by atoms with Crippen LogP contribution < -0.4 is 5.32 Å². The molecule has 2 aromatic carbocycles. The first-order chi connectivity index (χ1) is 13.6. The lowest BCUT2D eigenvalue weighted by Gasteiger charge is -2.22. The van der Waals surface area contributed by atoms with Crippen LogP contribution in [0.4, 0.5) is 0 Å². The highest BCUT2D eigenvalue weighted by molar-refractivity contribution is 5.96. The smallest absolute Gasteiger partial charge is 0.255 e. The van der Waals surface area contributed by atoms with Gasteiger partial charge in [0.2, 0.25) is 0 Å². The van der Waals surface area contributed by atoms with Crippen LogP contribution in [0.25, 0.3) is 0 Å². The average Bonchev–Trinajstić information content (AvgIpc) is 3.45. The zero-order valence-electron chi connectivity index (χ0n) is 15.4. The third kappa shape index (κ3) is 3.92. The summed E-state index contributed by atoms with van der Waals surface area (Å²) in [7, 11) is 0. The number of hydrogen-bond acceptors (Lipinski definition) is 4. The third-order valence-corrected chi connectivity index (χ3v) is 5.18. The highest BCUT2D eigenvalue weighted by Gasteiger charge is 2.30. The van der Waals surface area contributed by atoms with Crippen molar-refractivity contribution in [2.45, 2.75) is 30.8 Å². The Morgan fingerprint density at radius 3 is 2.57 bits per heavy atom. The van der Waals surface area contributed by atoms with Crippen LogP contribution in [0, 0.1) is 0 Å². The van der Waals surface area contributed by atoms with Gasteiger partial charge < -0.3 is 15.5 Å². The molecule has 1 amide bonds. The van der Waals surface area contributed by atoms with Gasteiger partial charge in [-0.1, -0.05) is 42.5 Å². The fourth-order valence-corrected chi connectivity index (χ4v) is 3.39. The van der Waals surface area contributed by atoms with Crippen molar-refractivity contribution in [3.05, 3.63) is 83.2 Å². The molecule has 4 rings (SSSR count). The molecule has 2 atom stereocenters. The number of carbonyl (C=O) groups excluding carboxylic acids is 1. The number of para-hydroxylation sites is 1. The number of phenolic OH excluding ortho intramolecular Hbond substituents is 1. The fraction of sp³-hybridized carbons (Fsp3) is 0.273. The molecule has 0 bridgehead atoms. The summed E-state index contributed by atoms with van der Waals surface area (Å²) >= 11 is 0. The second kappa shape index (κ2) is 7.86. The third-order valence-electron chi connectivity index (χ3n) is 5.18. The van der Waals surface area contributed by atoms with Crippen molar-refractivity contribution in [1.82, 2.24) is 15.5 Å². The number of carbonyl (C=O) groups is 1. The van der Waals surface area contributed by atoms with Crippen molar-refractivity contribution in [2.24, 2.45) is 0 Å². The number of aliphatic hydroxyl groups excluding tert-OH is 1. The molecular weight excluding hydrogens is 354 g/mol. The molecule has 6 heteroatoms. The summed E-state index contributed by atoms with van der Waals surface area (Å²) in [5.74, 6) is -0.305. The number of H-pyrrole nitrogens is 1. The van der Waals surface area contributed by atoms with E-state index in [9.17, 15) is 15.0 Å². The molecule has 0 saturated heterocycles. The van der Waals surface area contributed by atoms with Crippen molar-refractivity contribution >= 4 is 5.91 Å². The number of amides is 1. The van der Waals surface area contributed by atoms with E-state index in [2.05, 4.69) is 15.5 Å². The Morgan fingerprint density at radius 2 is 1.86 bits per heavy atom. The molecule has 0 radical (unpaired) electrons. The second-order valence-corrected chi connectivity index (χ2v) is 7.21. The zero-order chi connectivity index (χ0) is 19.5. The number of nitrogens with one attached hydrogen (secondary N) is 2. The van der Waals surface area contributed by atoms with E-state index in [1.807, 2.05) is 36.4 Å². The van der Waals surface area contributed by atoms with Gasteiger partial charge in [0, 0.05) is 24.1 Å². The highest BCUT2D eigenvalue weighted by Crippen LogP contribution is 2.40. The van der Waals surface area contributed by atoms with Crippen LogP contribution in [0.15, 0.2) is 60.7 Å². The Morgan fingerprint density at radius 1 is 1.14 bits per heavy atom. The van der Waals surface area contributed by atoms with E-state index in [-0.39, 0.29) is 29.7 Å². The first kappa shape index (κ1) is 18.3.